The normalized spacial score (nSPS) is 32.6. The molecule has 0 aromatic heterocycles. The molecule has 5 heteroatoms. The second-order valence-corrected chi connectivity index (χ2v) is 9.14. The molecule has 1 amide bonds. The van der Waals surface area contributed by atoms with E-state index < -0.39 is 0 Å². The summed E-state index contributed by atoms with van der Waals surface area (Å²) in [5.74, 6) is 0.227. The Morgan fingerprint density at radius 1 is 1.15 bits per heavy atom. The van der Waals surface area contributed by atoms with E-state index in [-0.39, 0.29) is 11.3 Å². The summed E-state index contributed by atoms with van der Waals surface area (Å²) in [6.45, 7) is 8.49. The molecule has 3 aliphatic heterocycles. The van der Waals surface area contributed by atoms with Gasteiger partial charge in [0.05, 0.1) is 12.1 Å². The summed E-state index contributed by atoms with van der Waals surface area (Å²) < 4.78 is 5.55. The first-order valence-corrected chi connectivity index (χ1v) is 10.6. The number of hydrogen-bond donors (Lipinski definition) is 1. The van der Waals surface area contributed by atoms with Crippen molar-refractivity contribution < 1.29 is 9.53 Å². The first kappa shape index (κ1) is 17.7. The number of nitrogens with zero attached hydrogens (tertiary/aromatic N) is 2. The standard InChI is InChI=1S/C22H31N3O2/c1-2-27-16-24-13-21(14-24)11-12-25(15-21)17-7-9-22(10-8-17)18-5-3-4-6-19(18)23-20(22)26/h3-6,17H,2,7-16H2,1H3,(H,23,26). The first-order chi connectivity index (χ1) is 13.1. The molecule has 1 N–H and O–H groups in total. The second-order valence-electron chi connectivity index (χ2n) is 9.14. The van der Waals surface area contributed by atoms with E-state index in [0.717, 1.165) is 44.7 Å². The molecule has 5 rings (SSSR count). The van der Waals surface area contributed by atoms with Crippen LogP contribution >= 0.6 is 0 Å². The summed E-state index contributed by atoms with van der Waals surface area (Å²) in [7, 11) is 0. The van der Waals surface area contributed by atoms with E-state index in [1.165, 1.54) is 38.2 Å². The highest BCUT2D eigenvalue weighted by Gasteiger charge is 2.52. The van der Waals surface area contributed by atoms with Gasteiger partial charge in [0.15, 0.2) is 0 Å². The molecule has 5 nitrogen and oxygen atoms in total. The van der Waals surface area contributed by atoms with Crippen LogP contribution in [0.15, 0.2) is 24.3 Å². The number of fused-ring (bicyclic) bond motifs is 2. The lowest BCUT2D eigenvalue weighted by atomic mass is 9.68. The van der Waals surface area contributed by atoms with Gasteiger partial charge in [-0.2, -0.15) is 0 Å². The number of para-hydroxylation sites is 1. The van der Waals surface area contributed by atoms with Gasteiger partial charge in [0.25, 0.3) is 0 Å². The van der Waals surface area contributed by atoms with Crippen LogP contribution in [0.2, 0.25) is 0 Å². The quantitative estimate of drug-likeness (QED) is 0.886. The van der Waals surface area contributed by atoms with Crippen molar-refractivity contribution in [1.82, 2.24) is 9.80 Å². The van der Waals surface area contributed by atoms with Crippen LogP contribution in [0, 0.1) is 5.41 Å². The molecule has 146 valence electrons. The lowest BCUT2D eigenvalue weighted by Crippen LogP contribution is -2.58. The summed E-state index contributed by atoms with van der Waals surface area (Å²) >= 11 is 0. The summed E-state index contributed by atoms with van der Waals surface area (Å²) in [6, 6.07) is 8.93. The smallest absolute Gasteiger partial charge is 0.235 e. The van der Waals surface area contributed by atoms with Gasteiger partial charge in [-0.05, 0) is 57.2 Å². The zero-order valence-electron chi connectivity index (χ0n) is 16.4. The predicted molar refractivity (Wildman–Crippen MR) is 106 cm³/mol. The van der Waals surface area contributed by atoms with Gasteiger partial charge >= 0.3 is 0 Å². The molecule has 4 aliphatic rings. The Hall–Kier alpha value is -1.43. The number of hydrogen-bond acceptors (Lipinski definition) is 4. The number of anilines is 1. The third-order valence-corrected chi connectivity index (χ3v) is 7.51. The molecule has 0 radical (unpaired) electrons. The van der Waals surface area contributed by atoms with Crippen LogP contribution < -0.4 is 5.32 Å². The third kappa shape index (κ3) is 2.82. The van der Waals surface area contributed by atoms with Crippen molar-refractivity contribution in [3.8, 4) is 0 Å². The fraction of sp³-hybridized carbons (Fsp3) is 0.682. The summed E-state index contributed by atoms with van der Waals surface area (Å²) in [5.41, 5.74) is 2.50. The maximum Gasteiger partial charge on any atom is 0.235 e. The molecule has 0 atom stereocenters. The van der Waals surface area contributed by atoms with Crippen molar-refractivity contribution in [2.24, 2.45) is 5.41 Å². The van der Waals surface area contributed by atoms with Crippen molar-refractivity contribution in [3.05, 3.63) is 29.8 Å². The number of amides is 1. The second kappa shape index (κ2) is 6.57. The highest BCUT2D eigenvalue weighted by atomic mass is 16.5. The van der Waals surface area contributed by atoms with E-state index in [1.54, 1.807) is 0 Å². The minimum absolute atomic E-state index is 0.227. The topological polar surface area (TPSA) is 44.8 Å². The number of likely N-dealkylation sites (tertiary alicyclic amines) is 2. The Morgan fingerprint density at radius 2 is 1.93 bits per heavy atom. The van der Waals surface area contributed by atoms with E-state index >= 15 is 0 Å². The molecule has 27 heavy (non-hydrogen) atoms. The maximum atomic E-state index is 12.8. The molecule has 0 bridgehead atoms. The van der Waals surface area contributed by atoms with Crippen molar-refractivity contribution in [1.29, 1.82) is 0 Å². The molecule has 0 unspecified atom stereocenters. The van der Waals surface area contributed by atoms with E-state index in [4.69, 9.17) is 4.74 Å². The summed E-state index contributed by atoms with van der Waals surface area (Å²) in [5, 5.41) is 3.13. The van der Waals surface area contributed by atoms with Gasteiger partial charge in [-0.1, -0.05) is 18.2 Å². The average Bonchev–Trinajstić information content (AvgIpc) is 3.21. The van der Waals surface area contributed by atoms with Crippen LogP contribution in [0.1, 0.15) is 44.6 Å². The number of benzene rings is 1. The van der Waals surface area contributed by atoms with E-state index in [9.17, 15) is 4.79 Å². The third-order valence-electron chi connectivity index (χ3n) is 7.51. The average molecular weight is 370 g/mol. The molecular formula is C22H31N3O2. The molecule has 3 fully saturated rings. The van der Waals surface area contributed by atoms with Crippen LogP contribution in [-0.4, -0.2) is 61.3 Å². The largest absolute Gasteiger partial charge is 0.366 e. The van der Waals surface area contributed by atoms with Crippen molar-refractivity contribution in [2.45, 2.75) is 50.5 Å². The van der Waals surface area contributed by atoms with Gasteiger partial charge in [-0.15, -0.1) is 0 Å². The predicted octanol–water partition coefficient (Wildman–Crippen LogP) is 2.82. The maximum absolute atomic E-state index is 12.8. The van der Waals surface area contributed by atoms with Gasteiger partial charge in [-0.3, -0.25) is 14.6 Å². The number of rotatable bonds is 4. The van der Waals surface area contributed by atoms with E-state index in [0.29, 0.717) is 11.5 Å². The number of nitrogens with one attached hydrogen (secondary N) is 1. The van der Waals surface area contributed by atoms with Crippen molar-refractivity contribution in [3.63, 3.8) is 0 Å². The molecule has 1 aromatic rings. The van der Waals surface area contributed by atoms with E-state index in [1.807, 2.05) is 12.1 Å². The fourth-order valence-corrected chi connectivity index (χ4v) is 6.08. The van der Waals surface area contributed by atoms with Gasteiger partial charge in [0.1, 0.15) is 0 Å². The lowest BCUT2D eigenvalue weighted by Gasteiger charge is -2.48. The number of carbonyl (C=O) groups excluding carboxylic acids is 1. The van der Waals surface area contributed by atoms with Crippen LogP contribution in [0.25, 0.3) is 0 Å². The SMILES string of the molecule is CCOCN1CC2(CCN(C3CCC4(CC3)C(=O)Nc3ccccc34)C2)C1. The molecule has 2 spiro atoms. The Morgan fingerprint density at radius 3 is 2.70 bits per heavy atom. The zero-order chi connectivity index (χ0) is 18.5. The van der Waals surface area contributed by atoms with Crippen molar-refractivity contribution in [2.75, 3.05) is 44.8 Å². The zero-order valence-corrected chi connectivity index (χ0v) is 16.4. The number of ether oxygens (including phenoxy) is 1. The molecule has 1 aliphatic carbocycles. The molecular weight excluding hydrogens is 338 g/mol. The summed E-state index contributed by atoms with van der Waals surface area (Å²) in [6.07, 6.45) is 5.57. The monoisotopic (exact) mass is 369 g/mol. The first-order valence-electron chi connectivity index (χ1n) is 10.6. The Labute approximate surface area is 162 Å². The number of carbonyl (C=O) groups is 1. The van der Waals surface area contributed by atoms with Crippen molar-refractivity contribution >= 4 is 11.6 Å². The van der Waals surface area contributed by atoms with Gasteiger partial charge in [-0.25, -0.2) is 0 Å². The highest BCUT2D eigenvalue weighted by Crippen LogP contribution is 2.49. The Bertz CT molecular complexity index is 720. The molecule has 3 heterocycles. The fourth-order valence-electron chi connectivity index (χ4n) is 6.08. The minimum atomic E-state index is -0.269. The summed E-state index contributed by atoms with van der Waals surface area (Å²) in [4.78, 5) is 17.9. The molecule has 1 aromatic carbocycles. The van der Waals surface area contributed by atoms with Crippen LogP contribution in [-0.2, 0) is 14.9 Å². The molecule has 2 saturated heterocycles. The minimum Gasteiger partial charge on any atom is -0.366 e. The van der Waals surface area contributed by atoms with Gasteiger partial charge in [0.2, 0.25) is 5.91 Å². The lowest BCUT2D eigenvalue weighted by molar-refractivity contribution is -0.122. The Balaban J connectivity index is 1.20. The van der Waals surface area contributed by atoms with Crippen LogP contribution in [0.5, 0.6) is 0 Å². The van der Waals surface area contributed by atoms with Crippen LogP contribution in [0.3, 0.4) is 0 Å². The highest BCUT2D eigenvalue weighted by molar-refractivity contribution is 6.06. The van der Waals surface area contributed by atoms with Crippen LogP contribution in [0.4, 0.5) is 5.69 Å². The van der Waals surface area contributed by atoms with Gasteiger partial charge < -0.3 is 10.1 Å². The molecule has 1 saturated carbocycles. The van der Waals surface area contributed by atoms with Gasteiger partial charge in [0, 0.05) is 43.4 Å². The Kier molecular flexibility index (Phi) is 4.30. The van der Waals surface area contributed by atoms with E-state index in [2.05, 4.69) is 34.2 Å².